The molecule has 2 nitrogen and oxygen atoms in total. The van der Waals surface area contributed by atoms with Gasteiger partial charge in [0.1, 0.15) is 5.82 Å². The second-order valence-electron chi connectivity index (χ2n) is 4.85. The summed E-state index contributed by atoms with van der Waals surface area (Å²) in [7, 11) is 0. The van der Waals surface area contributed by atoms with E-state index in [1.54, 1.807) is 0 Å². The summed E-state index contributed by atoms with van der Waals surface area (Å²) in [6, 6.07) is 7.89. The van der Waals surface area contributed by atoms with Gasteiger partial charge in [-0.3, -0.25) is 0 Å². The fourth-order valence-corrected chi connectivity index (χ4v) is 2.59. The first-order valence-electron chi connectivity index (χ1n) is 6.04. The van der Waals surface area contributed by atoms with Gasteiger partial charge in [-0.1, -0.05) is 30.7 Å². The molecule has 1 aliphatic heterocycles. The molecule has 1 aromatic heterocycles. The van der Waals surface area contributed by atoms with E-state index in [1.165, 1.54) is 12.2 Å². The number of aromatic nitrogens is 2. The zero-order valence-electron chi connectivity index (χ0n) is 9.86. The van der Waals surface area contributed by atoms with Gasteiger partial charge < -0.3 is 4.57 Å². The molecule has 0 radical (unpaired) electrons. The Bertz CT molecular complexity index is 545. The highest BCUT2D eigenvalue weighted by atomic mass is 35.5. The van der Waals surface area contributed by atoms with Gasteiger partial charge in [0, 0.05) is 29.7 Å². The highest BCUT2D eigenvalue weighted by Crippen LogP contribution is 2.26. The molecule has 1 atom stereocenters. The molecule has 0 bridgehead atoms. The Hall–Kier alpha value is -1.28. The predicted octanol–water partition coefficient (Wildman–Crippen LogP) is 3.79. The third kappa shape index (κ3) is 2.09. The molecule has 1 aliphatic rings. The standard InChI is InChI=1S/C14H15ClN2/c1-10-5-6-14-16-13(9-17(14)8-10)11-3-2-4-12(15)7-11/h2-4,7,9-10H,5-6,8H2,1H3/t10-/m1/s1. The van der Waals surface area contributed by atoms with Crippen LogP contribution in [-0.2, 0) is 13.0 Å². The van der Waals surface area contributed by atoms with Crippen molar-refractivity contribution < 1.29 is 0 Å². The number of imidazole rings is 1. The first kappa shape index (κ1) is 10.8. The molecule has 0 amide bonds. The van der Waals surface area contributed by atoms with Crippen LogP contribution in [0.25, 0.3) is 11.3 Å². The second-order valence-corrected chi connectivity index (χ2v) is 5.29. The lowest BCUT2D eigenvalue weighted by atomic mass is 10.0. The van der Waals surface area contributed by atoms with Crippen LogP contribution in [-0.4, -0.2) is 9.55 Å². The largest absolute Gasteiger partial charge is 0.334 e. The summed E-state index contributed by atoms with van der Waals surface area (Å²) in [5, 5.41) is 0.766. The van der Waals surface area contributed by atoms with Gasteiger partial charge in [-0.05, 0) is 24.5 Å². The van der Waals surface area contributed by atoms with E-state index in [4.69, 9.17) is 16.6 Å². The van der Waals surface area contributed by atoms with Gasteiger partial charge in [0.05, 0.1) is 5.69 Å². The molecular weight excluding hydrogens is 232 g/mol. The minimum Gasteiger partial charge on any atom is -0.334 e. The average Bonchev–Trinajstić information content (AvgIpc) is 2.72. The second kappa shape index (κ2) is 4.19. The average molecular weight is 247 g/mol. The van der Waals surface area contributed by atoms with E-state index >= 15 is 0 Å². The summed E-state index contributed by atoms with van der Waals surface area (Å²) < 4.78 is 2.28. The quantitative estimate of drug-likeness (QED) is 0.749. The van der Waals surface area contributed by atoms with E-state index in [-0.39, 0.29) is 0 Å². The minimum atomic E-state index is 0.754. The smallest absolute Gasteiger partial charge is 0.109 e. The van der Waals surface area contributed by atoms with E-state index in [0.717, 1.165) is 35.2 Å². The van der Waals surface area contributed by atoms with Crippen LogP contribution in [0.5, 0.6) is 0 Å². The Balaban J connectivity index is 2.00. The fraction of sp³-hybridized carbons (Fsp3) is 0.357. The van der Waals surface area contributed by atoms with E-state index < -0.39 is 0 Å². The molecule has 0 fully saturated rings. The van der Waals surface area contributed by atoms with Gasteiger partial charge in [-0.2, -0.15) is 0 Å². The Morgan fingerprint density at radius 3 is 3.12 bits per heavy atom. The van der Waals surface area contributed by atoms with E-state index in [1.807, 2.05) is 18.2 Å². The number of benzene rings is 1. The van der Waals surface area contributed by atoms with E-state index in [2.05, 4.69) is 23.8 Å². The molecule has 1 aromatic carbocycles. The minimum absolute atomic E-state index is 0.754. The molecule has 2 heterocycles. The third-order valence-electron chi connectivity index (χ3n) is 3.35. The van der Waals surface area contributed by atoms with Crippen LogP contribution in [0.4, 0.5) is 0 Å². The summed E-state index contributed by atoms with van der Waals surface area (Å²) >= 11 is 6.01. The van der Waals surface area contributed by atoms with Gasteiger partial charge in [-0.15, -0.1) is 0 Å². The summed E-state index contributed by atoms with van der Waals surface area (Å²) in [5.74, 6) is 1.96. The van der Waals surface area contributed by atoms with Gasteiger partial charge in [-0.25, -0.2) is 4.98 Å². The molecule has 2 aromatic rings. The predicted molar refractivity (Wildman–Crippen MR) is 70.2 cm³/mol. The molecule has 0 saturated heterocycles. The molecule has 0 aliphatic carbocycles. The van der Waals surface area contributed by atoms with E-state index in [9.17, 15) is 0 Å². The van der Waals surface area contributed by atoms with Crippen molar-refractivity contribution in [1.29, 1.82) is 0 Å². The monoisotopic (exact) mass is 246 g/mol. The molecule has 3 heteroatoms. The first-order chi connectivity index (χ1) is 8.22. The van der Waals surface area contributed by atoms with Crippen LogP contribution >= 0.6 is 11.6 Å². The van der Waals surface area contributed by atoms with Crippen molar-refractivity contribution in [2.45, 2.75) is 26.3 Å². The number of hydrogen-bond donors (Lipinski definition) is 0. The van der Waals surface area contributed by atoms with Crippen molar-refractivity contribution in [3.8, 4) is 11.3 Å². The molecule has 3 rings (SSSR count). The number of nitrogens with zero attached hydrogens (tertiary/aromatic N) is 2. The van der Waals surface area contributed by atoms with Crippen molar-refractivity contribution in [3.05, 3.63) is 41.3 Å². The van der Waals surface area contributed by atoms with Crippen molar-refractivity contribution in [2.75, 3.05) is 0 Å². The van der Waals surface area contributed by atoms with Crippen molar-refractivity contribution in [2.24, 2.45) is 5.92 Å². The highest BCUT2D eigenvalue weighted by Gasteiger charge is 2.17. The van der Waals surface area contributed by atoms with Crippen molar-refractivity contribution in [3.63, 3.8) is 0 Å². The van der Waals surface area contributed by atoms with Crippen LogP contribution in [0, 0.1) is 5.92 Å². The van der Waals surface area contributed by atoms with Crippen LogP contribution in [0.2, 0.25) is 5.02 Å². The SMILES string of the molecule is C[C@@H]1CCc2nc(-c3cccc(Cl)c3)cn2C1. The lowest BCUT2D eigenvalue weighted by Gasteiger charge is -2.19. The van der Waals surface area contributed by atoms with Gasteiger partial charge in [0.15, 0.2) is 0 Å². The maximum atomic E-state index is 6.01. The van der Waals surface area contributed by atoms with Crippen LogP contribution in [0.15, 0.2) is 30.5 Å². The van der Waals surface area contributed by atoms with Crippen molar-refractivity contribution in [1.82, 2.24) is 9.55 Å². The van der Waals surface area contributed by atoms with Gasteiger partial charge in [0.25, 0.3) is 0 Å². The van der Waals surface area contributed by atoms with E-state index in [0.29, 0.717) is 0 Å². The molecule has 88 valence electrons. The highest BCUT2D eigenvalue weighted by molar-refractivity contribution is 6.30. The number of rotatable bonds is 1. The molecular formula is C14H15ClN2. The molecule has 17 heavy (non-hydrogen) atoms. The summed E-state index contributed by atoms with van der Waals surface area (Å²) in [6.45, 7) is 3.38. The summed E-state index contributed by atoms with van der Waals surface area (Å²) in [6.07, 6.45) is 4.48. The zero-order valence-corrected chi connectivity index (χ0v) is 10.6. The van der Waals surface area contributed by atoms with Crippen LogP contribution in [0.3, 0.4) is 0 Å². The maximum Gasteiger partial charge on any atom is 0.109 e. The van der Waals surface area contributed by atoms with Crippen LogP contribution in [0.1, 0.15) is 19.2 Å². The molecule has 0 saturated carbocycles. The van der Waals surface area contributed by atoms with Crippen molar-refractivity contribution >= 4 is 11.6 Å². The fourth-order valence-electron chi connectivity index (χ4n) is 2.40. The molecule has 0 spiro atoms. The van der Waals surface area contributed by atoms with Crippen LogP contribution < -0.4 is 0 Å². The lowest BCUT2D eigenvalue weighted by molar-refractivity contribution is 0.394. The maximum absolute atomic E-state index is 6.01. The number of halogens is 1. The summed E-state index contributed by atoms with van der Waals surface area (Å²) in [4.78, 5) is 4.70. The first-order valence-corrected chi connectivity index (χ1v) is 6.42. The number of fused-ring (bicyclic) bond motifs is 1. The topological polar surface area (TPSA) is 17.8 Å². The Kier molecular flexibility index (Phi) is 2.67. The molecule has 0 N–H and O–H groups in total. The molecule has 0 unspecified atom stereocenters. The van der Waals surface area contributed by atoms with Gasteiger partial charge >= 0.3 is 0 Å². The Labute approximate surface area is 106 Å². The Morgan fingerprint density at radius 2 is 2.29 bits per heavy atom. The summed E-state index contributed by atoms with van der Waals surface area (Å²) in [5.41, 5.74) is 2.14. The number of hydrogen-bond acceptors (Lipinski definition) is 1. The number of aryl methyl sites for hydroxylation is 1. The van der Waals surface area contributed by atoms with Gasteiger partial charge in [0.2, 0.25) is 0 Å². The Morgan fingerprint density at radius 1 is 1.41 bits per heavy atom. The third-order valence-corrected chi connectivity index (χ3v) is 3.58. The zero-order chi connectivity index (χ0) is 11.8. The normalized spacial score (nSPS) is 19.1. The lowest BCUT2D eigenvalue weighted by Crippen LogP contribution is -2.17.